The Balaban J connectivity index is 1.73. The van der Waals surface area contributed by atoms with Crippen LogP contribution in [0.3, 0.4) is 0 Å². The maximum Gasteiger partial charge on any atom is 0.433 e. The van der Waals surface area contributed by atoms with E-state index in [0.29, 0.717) is 36.3 Å². The number of aromatic nitrogens is 4. The van der Waals surface area contributed by atoms with E-state index >= 15 is 0 Å². The molecular formula is C20H20F3N5O. The van der Waals surface area contributed by atoms with Crippen molar-refractivity contribution in [3.63, 3.8) is 0 Å². The van der Waals surface area contributed by atoms with Crippen LogP contribution in [-0.2, 0) is 12.6 Å². The van der Waals surface area contributed by atoms with Crippen molar-refractivity contribution >= 4 is 11.6 Å². The fraction of sp³-hybridized carbons (Fsp3) is 0.400. The molecule has 3 aromatic rings. The zero-order valence-corrected chi connectivity index (χ0v) is 16.1. The molecule has 0 N–H and O–H groups in total. The molecule has 0 unspecified atom stereocenters. The van der Waals surface area contributed by atoms with Crippen molar-refractivity contribution < 1.29 is 18.0 Å². The molecule has 0 aliphatic carbocycles. The van der Waals surface area contributed by atoms with Crippen molar-refractivity contribution in [1.82, 2.24) is 24.5 Å². The van der Waals surface area contributed by atoms with E-state index in [1.165, 1.54) is 6.20 Å². The summed E-state index contributed by atoms with van der Waals surface area (Å²) in [6.07, 6.45) is -1.25. The number of carbonyl (C=O) groups is 1. The van der Waals surface area contributed by atoms with Crippen LogP contribution in [-0.4, -0.2) is 36.9 Å². The smallest absolute Gasteiger partial charge is 0.330 e. The predicted molar refractivity (Wildman–Crippen MR) is 99.4 cm³/mol. The molecule has 1 aliphatic heterocycles. The van der Waals surface area contributed by atoms with E-state index in [4.69, 9.17) is 0 Å². The van der Waals surface area contributed by atoms with Crippen LogP contribution in [0.4, 0.5) is 13.2 Å². The number of rotatable bonds is 3. The van der Waals surface area contributed by atoms with Gasteiger partial charge in [-0.1, -0.05) is 6.92 Å². The lowest BCUT2D eigenvalue weighted by Crippen LogP contribution is -2.31. The molecule has 4 heterocycles. The summed E-state index contributed by atoms with van der Waals surface area (Å²) in [5, 5.41) is 4.20. The first kappa shape index (κ1) is 19.4. The molecule has 3 aromatic heterocycles. The largest absolute Gasteiger partial charge is 0.433 e. The maximum absolute atomic E-state index is 13.5. The quantitative estimate of drug-likeness (QED) is 0.663. The Kier molecular flexibility index (Phi) is 4.76. The second kappa shape index (κ2) is 7.13. The Morgan fingerprint density at radius 1 is 1.28 bits per heavy atom. The van der Waals surface area contributed by atoms with Crippen molar-refractivity contribution in [1.29, 1.82) is 0 Å². The van der Waals surface area contributed by atoms with Crippen LogP contribution >= 0.6 is 0 Å². The molecule has 9 heteroatoms. The molecule has 1 saturated heterocycles. The zero-order chi connectivity index (χ0) is 20.8. The minimum absolute atomic E-state index is 0.142. The molecule has 152 valence electrons. The second-order valence-electron chi connectivity index (χ2n) is 7.17. The molecule has 0 spiro atoms. The van der Waals surface area contributed by atoms with Gasteiger partial charge in [0.15, 0.2) is 5.65 Å². The van der Waals surface area contributed by atoms with E-state index in [2.05, 4.69) is 15.1 Å². The maximum atomic E-state index is 13.5. The van der Waals surface area contributed by atoms with Crippen LogP contribution in [0.2, 0.25) is 0 Å². The number of alkyl halides is 3. The SMILES string of the molecule is CCc1cc(C(F)(F)F)n2nc([C@@H]3CCCN3C(=O)c3ccc(C)nc3)cc2n1. The third-order valence-electron chi connectivity index (χ3n) is 5.17. The number of aryl methyl sites for hydroxylation is 2. The fourth-order valence-electron chi connectivity index (χ4n) is 3.67. The second-order valence-corrected chi connectivity index (χ2v) is 7.17. The van der Waals surface area contributed by atoms with Crippen LogP contribution in [0.15, 0.2) is 30.5 Å². The first-order valence-electron chi connectivity index (χ1n) is 9.48. The molecule has 1 atom stereocenters. The molecule has 0 aromatic carbocycles. The normalized spacial score (nSPS) is 17.3. The number of amides is 1. The third-order valence-corrected chi connectivity index (χ3v) is 5.17. The van der Waals surface area contributed by atoms with Crippen LogP contribution in [0.25, 0.3) is 5.65 Å². The summed E-state index contributed by atoms with van der Waals surface area (Å²) < 4.78 is 41.4. The monoisotopic (exact) mass is 403 g/mol. The highest BCUT2D eigenvalue weighted by molar-refractivity contribution is 5.94. The van der Waals surface area contributed by atoms with E-state index in [1.54, 1.807) is 30.0 Å². The molecule has 0 saturated carbocycles. The number of carbonyl (C=O) groups excluding carboxylic acids is 1. The van der Waals surface area contributed by atoms with Crippen molar-refractivity contribution in [2.45, 2.75) is 45.3 Å². The highest BCUT2D eigenvalue weighted by Gasteiger charge is 2.37. The topological polar surface area (TPSA) is 63.4 Å². The number of halogens is 3. The van der Waals surface area contributed by atoms with Crippen molar-refractivity contribution in [3.05, 3.63) is 58.8 Å². The van der Waals surface area contributed by atoms with Gasteiger partial charge < -0.3 is 4.90 Å². The van der Waals surface area contributed by atoms with Crippen LogP contribution in [0, 0.1) is 6.92 Å². The van der Waals surface area contributed by atoms with Crippen LogP contribution in [0.1, 0.15) is 58.9 Å². The van der Waals surface area contributed by atoms with Gasteiger partial charge in [0.1, 0.15) is 5.69 Å². The van der Waals surface area contributed by atoms with E-state index in [0.717, 1.165) is 22.7 Å². The average molecular weight is 403 g/mol. The minimum atomic E-state index is -4.55. The van der Waals surface area contributed by atoms with Gasteiger partial charge in [-0.15, -0.1) is 0 Å². The molecule has 4 rings (SSSR count). The lowest BCUT2D eigenvalue weighted by Gasteiger charge is -2.23. The molecular weight excluding hydrogens is 383 g/mol. The van der Waals surface area contributed by atoms with Crippen molar-refractivity contribution in [2.75, 3.05) is 6.54 Å². The van der Waals surface area contributed by atoms with Gasteiger partial charge in [-0.2, -0.15) is 18.3 Å². The number of fused-ring (bicyclic) bond motifs is 1. The number of hydrogen-bond acceptors (Lipinski definition) is 4. The summed E-state index contributed by atoms with van der Waals surface area (Å²) in [4.78, 5) is 23.0. The zero-order valence-electron chi connectivity index (χ0n) is 16.1. The van der Waals surface area contributed by atoms with Gasteiger partial charge in [0.05, 0.1) is 17.3 Å². The molecule has 1 fully saturated rings. The average Bonchev–Trinajstić information content (AvgIpc) is 3.32. The van der Waals surface area contributed by atoms with Crippen molar-refractivity contribution in [3.8, 4) is 0 Å². The first-order valence-corrected chi connectivity index (χ1v) is 9.48. The molecule has 0 bridgehead atoms. The number of nitrogens with zero attached hydrogens (tertiary/aromatic N) is 5. The molecule has 0 radical (unpaired) electrons. The van der Waals surface area contributed by atoms with E-state index < -0.39 is 17.9 Å². The van der Waals surface area contributed by atoms with Gasteiger partial charge in [-0.05, 0) is 44.4 Å². The Morgan fingerprint density at radius 3 is 2.72 bits per heavy atom. The molecule has 1 aliphatic rings. The summed E-state index contributed by atoms with van der Waals surface area (Å²) in [5.41, 5.74) is 1.31. The van der Waals surface area contributed by atoms with E-state index in [1.807, 2.05) is 6.92 Å². The first-order chi connectivity index (χ1) is 13.8. The Labute approximate surface area is 165 Å². The lowest BCUT2D eigenvalue weighted by molar-refractivity contribution is -0.142. The highest BCUT2D eigenvalue weighted by atomic mass is 19.4. The van der Waals surface area contributed by atoms with E-state index in [-0.39, 0.29) is 11.6 Å². The van der Waals surface area contributed by atoms with Gasteiger partial charge in [0.25, 0.3) is 5.91 Å². The fourth-order valence-corrected chi connectivity index (χ4v) is 3.67. The Morgan fingerprint density at radius 2 is 2.07 bits per heavy atom. The number of hydrogen-bond donors (Lipinski definition) is 0. The van der Waals surface area contributed by atoms with Crippen LogP contribution < -0.4 is 0 Å². The summed E-state index contributed by atoms with van der Waals surface area (Å²) in [5.74, 6) is -0.199. The standard InChI is InChI=1S/C20H20F3N5O/c1-3-14-9-17(20(21,22)23)28-18(25-14)10-15(26-28)16-5-4-8-27(16)19(29)13-7-6-12(2)24-11-13/h6-7,9-11,16H,3-5,8H2,1-2H3/t16-/m0/s1. The number of pyridine rings is 1. The Hall–Kier alpha value is -2.97. The van der Waals surface area contributed by atoms with Gasteiger partial charge in [0, 0.05) is 30.2 Å². The molecule has 6 nitrogen and oxygen atoms in total. The molecule has 29 heavy (non-hydrogen) atoms. The summed E-state index contributed by atoms with van der Waals surface area (Å²) in [6.45, 7) is 4.10. The van der Waals surface area contributed by atoms with Gasteiger partial charge in [0.2, 0.25) is 0 Å². The third kappa shape index (κ3) is 3.56. The van der Waals surface area contributed by atoms with Gasteiger partial charge in [-0.3, -0.25) is 9.78 Å². The van der Waals surface area contributed by atoms with Crippen LogP contribution in [0.5, 0.6) is 0 Å². The van der Waals surface area contributed by atoms with E-state index in [9.17, 15) is 18.0 Å². The predicted octanol–water partition coefficient (Wildman–Crippen LogP) is 3.99. The van der Waals surface area contributed by atoms with Gasteiger partial charge >= 0.3 is 6.18 Å². The molecule has 1 amide bonds. The summed E-state index contributed by atoms with van der Waals surface area (Å²) in [6, 6.07) is 5.66. The van der Waals surface area contributed by atoms with Crippen molar-refractivity contribution in [2.24, 2.45) is 0 Å². The van der Waals surface area contributed by atoms with Gasteiger partial charge in [-0.25, -0.2) is 9.50 Å². The summed E-state index contributed by atoms with van der Waals surface area (Å²) in [7, 11) is 0. The number of likely N-dealkylation sites (tertiary alicyclic amines) is 1. The summed E-state index contributed by atoms with van der Waals surface area (Å²) >= 11 is 0. The lowest BCUT2D eigenvalue weighted by atomic mass is 10.1. The Bertz CT molecular complexity index is 1060. The highest BCUT2D eigenvalue weighted by Crippen LogP contribution is 2.35. The minimum Gasteiger partial charge on any atom is -0.330 e.